The molecule has 5 rings (SSSR count). The van der Waals surface area contributed by atoms with Crippen molar-refractivity contribution >= 4 is 28.7 Å². The van der Waals surface area contributed by atoms with Crippen molar-refractivity contribution < 1.29 is 32.2 Å². The van der Waals surface area contributed by atoms with Crippen LogP contribution in [0.1, 0.15) is 5.56 Å². The topological polar surface area (TPSA) is 75.5 Å². The van der Waals surface area contributed by atoms with Gasteiger partial charge in [-0.1, -0.05) is 53.8 Å². The summed E-state index contributed by atoms with van der Waals surface area (Å²) in [6.45, 7) is 0.440. The van der Waals surface area contributed by atoms with Crippen molar-refractivity contribution in [3.8, 4) is 33.8 Å². The van der Waals surface area contributed by atoms with Crippen LogP contribution in [-0.2, 0) is 11.4 Å². The fourth-order valence-corrected chi connectivity index (χ4v) is 4.24. The molecule has 182 valence electrons. The molecule has 0 amide bonds. The Kier molecular flexibility index (Phi) is 6.30. The van der Waals surface area contributed by atoms with Gasteiger partial charge in [0, 0.05) is 17.0 Å². The number of halogens is 3. The van der Waals surface area contributed by atoms with Crippen LogP contribution in [0.15, 0.2) is 78.2 Å². The van der Waals surface area contributed by atoms with Crippen LogP contribution in [0.4, 0.5) is 13.2 Å². The highest BCUT2D eigenvalue weighted by Crippen LogP contribution is 2.34. The third-order valence-corrected chi connectivity index (χ3v) is 5.88. The lowest BCUT2D eigenvalue weighted by Crippen LogP contribution is -2.17. The molecule has 11 heteroatoms. The van der Waals surface area contributed by atoms with Crippen LogP contribution in [-0.4, -0.2) is 27.6 Å². The summed E-state index contributed by atoms with van der Waals surface area (Å²) < 4.78 is 53.4. The van der Waals surface area contributed by atoms with Gasteiger partial charge < -0.3 is 14.2 Å². The number of thiazole rings is 1. The Balaban J connectivity index is 1.45. The zero-order valence-electron chi connectivity index (χ0n) is 18.3. The molecular formula is C25H16F3N3O4S. The number of carbonyl (C=O) groups excluding carboxylic acids is 1. The summed E-state index contributed by atoms with van der Waals surface area (Å²) in [6, 6.07) is 20.6. The van der Waals surface area contributed by atoms with E-state index < -0.39 is 6.36 Å². The SMILES string of the molecule is O=COc1csc(-n2nc(-c3ccccc3)c3ccc(OCc4ccc(OC(F)(F)F)cc4)cc32)n1. The molecule has 0 fully saturated rings. The molecule has 0 saturated carbocycles. The summed E-state index contributed by atoms with van der Waals surface area (Å²) in [5, 5.41) is 7.72. The largest absolute Gasteiger partial charge is 0.573 e. The van der Waals surface area contributed by atoms with Gasteiger partial charge in [-0.3, -0.25) is 4.79 Å². The lowest BCUT2D eigenvalue weighted by Gasteiger charge is -2.10. The van der Waals surface area contributed by atoms with Gasteiger partial charge in [-0.05, 0) is 29.8 Å². The van der Waals surface area contributed by atoms with E-state index in [-0.39, 0.29) is 18.2 Å². The number of alkyl halides is 3. The van der Waals surface area contributed by atoms with E-state index in [0.29, 0.717) is 28.4 Å². The van der Waals surface area contributed by atoms with E-state index in [0.717, 1.165) is 16.6 Å². The van der Waals surface area contributed by atoms with Crippen LogP contribution in [0.5, 0.6) is 17.4 Å². The average Bonchev–Trinajstić information content (AvgIpc) is 3.48. The predicted molar refractivity (Wildman–Crippen MR) is 126 cm³/mol. The second-order valence-corrected chi connectivity index (χ2v) is 8.30. The molecule has 0 unspecified atom stereocenters. The van der Waals surface area contributed by atoms with E-state index in [1.807, 2.05) is 36.4 Å². The van der Waals surface area contributed by atoms with Crippen molar-refractivity contribution in [1.29, 1.82) is 0 Å². The minimum Gasteiger partial charge on any atom is -0.489 e. The molecule has 0 radical (unpaired) electrons. The summed E-state index contributed by atoms with van der Waals surface area (Å²) in [4.78, 5) is 15.0. The molecule has 0 aliphatic rings. The number of ether oxygens (including phenoxy) is 3. The van der Waals surface area contributed by atoms with E-state index >= 15 is 0 Å². The highest BCUT2D eigenvalue weighted by molar-refractivity contribution is 7.12. The van der Waals surface area contributed by atoms with Gasteiger partial charge in [-0.25, -0.2) is 4.68 Å². The molecule has 2 aromatic heterocycles. The molecule has 0 bridgehead atoms. The van der Waals surface area contributed by atoms with Gasteiger partial charge in [0.15, 0.2) is 0 Å². The van der Waals surface area contributed by atoms with Crippen LogP contribution in [0.25, 0.3) is 27.3 Å². The molecule has 3 aromatic carbocycles. The molecule has 7 nitrogen and oxygen atoms in total. The van der Waals surface area contributed by atoms with Gasteiger partial charge in [0.1, 0.15) is 23.8 Å². The first kappa shape index (κ1) is 23.4. The molecular weight excluding hydrogens is 495 g/mol. The molecule has 0 atom stereocenters. The minimum atomic E-state index is -4.74. The smallest absolute Gasteiger partial charge is 0.489 e. The predicted octanol–water partition coefficient (Wildman–Crippen LogP) is 6.16. The lowest BCUT2D eigenvalue weighted by molar-refractivity contribution is -0.274. The quantitative estimate of drug-likeness (QED) is 0.232. The van der Waals surface area contributed by atoms with E-state index in [4.69, 9.17) is 14.6 Å². The number of nitrogens with zero attached hydrogens (tertiary/aromatic N) is 3. The number of aromatic nitrogens is 3. The van der Waals surface area contributed by atoms with Gasteiger partial charge in [0.2, 0.25) is 11.0 Å². The maximum absolute atomic E-state index is 12.4. The molecule has 0 aliphatic carbocycles. The number of rotatable bonds is 8. The normalized spacial score (nSPS) is 11.4. The summed E-state index contributed by atoms with van der Waals surface area (Å²) in [6.07, 6.45) is -4.74. The van der Waals surface area contributed by atoms with Crippen LogP contribution in [0.2, 0.25) is 0 Å². The van der Waals surface area contributed by atoms with Gasteiger partial charge in [-0.2, -0.15) is 10.1 Å². The first-order valence-electron chi connectivity index (χ1n) is 10.5. The minimum absolute atomic E-state index is 0.131. The summed E-state index contributed by atoms with van der Waals surface area (Å²) in [7, 11) is 0. The Labute approximate surface area is 206 Å². The molecule has 0 spiro atoms. The van der Waals surface area contributed by atoms with Crippen LogP contribution in [0, 0.1) is 0 Å². The van der Waals surface area contributed by atoms with Crippen LogP contribution < -0.4 is 14.2 Å². The van der Waals surface area contributed by atoms with Crippen molar-refractivity contribution in [2.45, 2.75) is 13.0 Å². The second kappa shape index (κ2) is 9.70. The standard InChI is InChI=1S/C25H16F3N3O4S/c26-25(27,28)35-18-8-6-16(7-9-18)13-33-19-10-11-20-21(12-19)31(24-29-22(14-36-24)34-15-32)30-23(20)17-4-2-1-3-5-17/h1-12,14-15H,13H2. The molecule has 0 N–H and O–H groups in total. The summed E-state index contributed by atoms with van der Waals surface area (Å²) in [5.41, 5.74) is 3.04. The zero-order chi connectivity index (χ0) is 25.1. The molecule has 36 heavy (non-hydrogen) atoms. The van der Waals surface area contributed by atoms with Gasteiger partial charge in [0.25, 0.3) is 6.47 Å². The Morgan fingerprint density at radius 1 is 0.972 bits per heavy atom. The van der Waals surface area contributed by atoms with Gasteiger partial charge >= 0.3 is 6.36 Å². The highest BCUT2D eigenvalue weighted by Gasteiger charge is 2.31. The molecule has 0 saturated heterocycles. The summed E-state index contributed by atoms with van der Waals surface area (Å²) >= 11 is 1.26. The van der Waals surface area contributed by atoms with Crippen molar-refractivity contribution in [2.24, 2.45) is 0 Å². The Morgan fingerprint density at radius 2 is 1.72 bits per heavy atom. The first-order valence-corrected chi connectivity index (χ1v) is 11.4. The van der Waals surface area contributed by atoms with E-state index in [9.17, 15) is 18.0 Å². The Bertz CT molecular complexity index is 1500. The Morgan fingerprint density at radius 3 is 2.44 bits per heavy atom. The molecule has 0 aliphatic heterocycles. The second-order valence-electron chi connectivity index (χ2n) is 7.47. The first-order chi connectivity index (χ1) is 17.4. The van der Waals surface area contributed by atoms with Gasteiger partial charge in [-0.15, -0.1) is 13.2 Å². The van der Waals surface area contributed by atoms with Crippen molar-refractivity contribution in [3.63, 3.8) is 0 Å². The summed E-state index contributed by atoms with van der Waals surface area (Å²) in [5.74, 6) is 0.395. The molecule has 5 aromatic rings. The van der Waals surface area contributed by atoms with E-state index in [1.54, 1.807) is 22.2 Å². The maximum Gasteiger partial charge on any atom is 0.573 e. The lowest BCUT2D eigenvalue weighted by atomic mass is 10.1. The fourth-order valence-electron chi connectivity index (χ4n) is 3.54. The third-order valence-electron chi connectivity index (χ3n) is 5.08. The van der Waals surface area contributed by atoms with Crippen molar-refractivity contribution in [1.82, 2.24) is 14.8 Å². The number of benzene rings is 3. The Hall–Kier alpha value is -4.38. The third kappa shape index (κ3) is 5.15. The number of hydrogen-bond acceptors (Lipinski definition) is 7. The van der Waals surface area contributed by atoms with Crippen molar-refractivity contribution in [2.75, 3.05) is 0 Å². The van der Waals surface area contributed by atoms with Crippen molar-refractivity contribution in [3.05, 3.63) is 83.7 Å². The number of fused-ring (bicyclic) bond motifs is 1. The van der Waals surface area contributed by atoms with E-state index in [2.05, 4.69) is 9.72 Å². The molecule has 2 heterocycles. The van der Waals surface area contributed by atoms with Gasteiger partial charge in [0.05, 0.1) is 10.9 Å². The van der Waals surface area contributed by atoms with Crippen LogP contribution in [0.3, 0.4) is 0 Å². The van der Waals surface area contributed by atoms with E-state index in [1.165, 1.54) is 35.6 Å². The monoisotopic (exact) mass is 511 g/mol. The number of hydrogen-bond donors (Lipinski definition) is 0. The zero-order valence-corrected chi connectivity index (χ0v) is 19.1. The number of carbonyl (C=O) groups is 1. The highest BCUT2D eigenvalue weighted by atomic mass is 32.1. The average molecular weight is 511 g/mol. The van der Waals surface area contributed by atoms with Crippen LogP contribution >= 0.6 is 11.3 Å². The maximum atomic E-state index is 12.4. The fraction of sp³-hybridized carbons (Fsp3) is 0.0800.